The number of amides is 3. The number of nitrogens with zero attached hydrogens (tertiary/aromatic N) is 2. The molecule has 7 nitrogen and oxygen atoms in total. The van der Waals surface area contributed by atoms with E-state index in [1.165, 1.54) is 12.0 Å². The topological polar surface area (TPSA) is 81.8 Å². The molecule has 3 amide bonds. The minimum absolute atomic E-state index is 0.107. The summed E-state index contributed by atoms with van der Waals surface area (Å²) < 4.78 is 0. The number of carbonyl (C=O) groups excluding carboxylic acids is 3. The lowest BCUT2D eigenvalue weighted by atomic mass is 9.79. The SMILES string of the molecule is O=C1CCC(N2Cc3cc(CN4CCC45CNC5)ccc3C2=O)C(=O)N1. The quantitative estimate of drug-likeness (QED) is 0.747. The summed E-state index contributed by atoms with van der Waals surface area (Å²) in [7, 11) is 0. The number of likely N-dealkylation sites (tertiary alicyclic amines) is 1. The summed E-state index contributed by atoms with van der Waals surface area (Å²) in [5.41, 5.74) is 3.24. The maximum atomic E-state index is 12.7. The third kappa shape index (κ3) is 2.30. The molecule has 1 unspecified atom stereocenters. The average Bonchev–Trinajstić information content (AvgIpc) is 2.87. The van der Waals surface area contributed by atoms with Crippen LogP contribution in [0, 0.1) is 0 Å². The zero-order valence-corrected chi connectivity index (χ0v) is 14.6. The molecule has 136 valence electrons. The molecule has 1 aromatic carbocycles. The monoisotopic (exact) mass is 354 g/mol. The van der Waals surface area contributed by atoms with E-state index in [4.69, 9.17) is 0 Å². The first-order valence-electron chi connectivity index (χ1n) is 9.28. The minimum Gasteiger partial charge on any atom is -0.322 e. The minimum atomic E-state index is -0.546. The highest BCUT2D eigenvalue weighted by Gasteiger charge is 2.49. The predicted molar refractivity (Wildman–Crippen MR) is 93.1 cm³/mol. The molecule has 5 rings (SSSR count). The largest absolute Gasteiger partial charge is 0.322 e. The molecule has 3 fully saturated rings. The van der Waals surface area contributed by atoms with Gasteiger partial charge in [0.2, 0.25) is 11.8 Å². The molecule has 0 bridgehead atoms. The molecule has 0 aromatic heterocycles. The highest BCUT2D eigenvalue weighted by Crippen LogP contribution is 2.36. The van der Waals surface area contributed by atoms with Gasteiger partial charge in [0.15, 0.2) is 0 Å². The number of hydrogen-bond donors (Lipinski definition) is 2. The Morgan fingerprint density at radius 2 is 2.04 bits per heavy atom. The molecule has 4 aliphatic heterocycles. The Kier molecular flexibility index (Phi) is 3.45. The van der Waals surface area contributed by atoms with Gasteiger partial charge < -0.3 is 10.2 Å². The lowest BCUT2D eigenvalue weighted by molar-refractivity contribution is -0.136. The van der Waals surface area contributed by atoms with E-state index < -0.39 is 6.04 Å². The van der Waals surface area contributed by atoms with Gasteiger partial charge >= 0.3 is 0 Å². The maximum absolute atomic E-state index is 12.7. The molecule has 0 saturated carbocycles. The molecule has 2 N–H and O–H groups in total. The molecule has 0 aliphatic carbocycles. The summed E-state index contributed by atoms with van der Waals surface area (Å²) in [5.74, 6) is -0.723. The van der Waals surface area contributed by atoms with Crippen molar-refractivity contribution < 1.29 is 14.4 Å². The van der Waals surface area contributed by atoms with Gasteiger partial charge in [0.1, 0.15) is 6.04 Å². The van der Waals surface area contributed by atoms with E-state index in [0.29, 0.717) is 24.1 Å². The molecule has 7 heteroatoms. The van der Waals surface area contributed by atoms with E-state index in [1.807, 2.05) is 12.1 Å². The van der Waals surface area contributed by atoms with E-state index >= 15 is 0 Å². The molecule has 1 atom stereocenters. The van der Waals surface area contributed by atoms with Crippen LogP contribution in [0.1, 0.15) is 40.7 Å². The second-order valence-corrected chi connectivity index (χ2v) is 7.89. The summed E-state index contributed by atoms with van der Waals surface area (Å²) in [4.78, 5) is 40.3. The molecular weight excluding hydrogens is 332 g/mol. The Morgan fingerprint density at radius 3 is 2.69 bits per heavy atom. The molecular formula is C19H22N4O3. The van der Waals surface area contributed by atoms with Gasteiger partial charge in [-0.1, -0.05) is 12.1 Å². The van der Waals surface area contributed by atoms with Gasteiger partial charge in [-0.2, -0.15) is 0 Å². The summed E-state index contributed by atoms with van der Waals surface area (Å²) in [5, 5.41) is 5.71. The summed E-state index contributed by atoms with van der Waals surface area (Å²) >= 11 is 0. The van der Waals surface area contributed by atoms with Crippen molar-refractivity contribution in [1.82, 2.24) is 20.4 Å². The second kappa shape index (κ2) is 5.62. The van der Waals surface area contributed by atoms with Crippen molar-refractivity contribution in [3.63, 3.8) is 0 Å². The van der Waals surface area contributed by atoms with Crippen LogP contribution in [-0.2, 0) is 22.7 Å². The van der Waals surface area contributed by atoms with Crippen LogP contribution in [-0.4, -0.2) is 58.7 Å². The lowest BCUT2D eigenvalue weighted by Gasteiger charge is -2.59. The van der Waals surface area contributed by atoms with Crippen LogP contribution in [0.15, 0.2) is 18.2 Å². The van der Waals surface area contributed by atoms with Gasteiger partial charge in [-0.25, -0.2) is 0 Å². The number of piperidine rings is 1. The number of rotatable bonds is 3. The molecule has 4 heterocycles. The fourth-order valence-corrected chi connectivity index (χ4v) is 4.59. The Morgan fingerprint density at radius 1 is 1.19 bits per heavy atom. The zero-order valence-electron chi connectivity index (χ0n) is 14.6. The fourth-order valence-electron chi connectivity index (χ4n) is 4.59. The van der Waals surface area contributed by atoms with Crippen molar-refractivity contribution in [3.8, 4) is 0 Å². The summed E-state index contributed by atoms with van der Waals surface area (Å²) in [6.45, 7) is 4.61. The second-order valence-electron chi connectivity index (χ2n) is 7.89. The van der Waals surface area contributed by atoms with Crippen LogP contribution in [0.3, 0.4) is 0 Å². The fraction of sp³-hybridized carbons (Fsp3) is 0.526. The Labute approximate surface area is 151 Å². The Balaban J connectivity index is 1.32. The van der Waals surface area contributed by atoms with Crippen LogP contribution in [0.5, 0.6) is 0 Å². The first kappa shape index (κ1) is 16.0. The number of imide groups is 1. The predicted octanol–water partition coefficient (Wildman–Crippen LogP) is -0.00470. The van der Waals surface area contributed by atoms with Gasteiger partial charge in [-0.05, 0) is 30.0 Å². The maximum Gasteiger partial charge on any atom is 0.255 e. The van der Waals surface area contributed by atoms with Gasteiger partial charge in [-0.15, -0.1) is 0 Å². The normalized spacial score (nSPS) is 27.2. The summed E-state index contributed by atoms with van der Waals surface area (Å²) in [6, 6.07) is 5.49. The first-order valence-corrected chi connectivity index (χ1v) is 9.28. The van der Waals surface area contributed by atoms with E-state index in [9.17, 15) is 14.4 Å². The lowest BCUT2D eigenvalue weighted by Crippen LogP contribution is -2.75. The number of fused-ring (bicyclic) bond motifs is 1. The van der Waals surface area contributed by atoms with Crippen molar-refractivity contribution in [2.24, 2.45) is 0 Å². The number of benzene rings is 1. The van der Waals surface area contributed by atoms with E-state index in [2.05, 4.69) is 21.6 Å². The standard InChI is InChI=1S/C19H22N4O3/c24-16-4-3-15(17(25)21-16)23-9-13-7-12(1-2-14(13)18(23)26)8-22-6-5-19(22)10-20-11-19/h1-2,7,15,20H,3-6,8-11H2,(H,21,24,25). The van der Waals surface area contributed by atoms with Crippen molar-refractivity contribution in [3.05, 3.63) is 34.9 Å². The van der Waals surface area contributed by atoms with Gasteiger partial charge in [0, 0.05) is 50.2 Å². The molecule has 26 heavy (non-hydrogen) atoms. The number of hydrogen-bond acceptors (Lipinski definition) is 5. The molecule has 3 saturated heterocycles. The number of nitrogens with one attached hydrogen (secondary N) is 2. The summed E-state index contributed by atoms with van der Waals surface area (Å²) in [6.07, 6.45) is 1.94. The van der Waals surface area contributed by atoms with Crippen LogP contribution in [0.4, 0.5) is 0 Å². The van der Waals surface area contributed by atoms with E-state index in [1.54, 1.807) is 4.90 Å². The molecule has 1 aromatic rings. The van der Waals surface area contributed by atoms with Crippen molar-refractivity contribution in [2.45, 2.75) is 43.9 Å². The van der Waals surface area contributed by atoms with Crippen molar-refractivity contribution in [1.29, 1.82) is 0 Å². The van der Waals surface area contributed by atoms with Crippen LogP contribution in [0.25, 0.3) is 0 Å². The molecule has 4 aliphatic rings. The van der Waals surface area contributed by atoms with Crippen LogP contribution in [0.2, 0.25) is 0 Å². The third-order valence-electron chi connectivity index (χ3n) is 6.39. The van der Waals surface area contributed by atoms with Gasteiger partial charge in [0.25, 0.3) is 5.91 Å². The van der Waals surface area contributed by atoms with Crippen molar-refractivity contribution in [2.75, 3.05) is 19.6 Å². The van der Waals surface area contributed by atoms with Gasteiger partial charge in [0.05, 0.1) is 0 Å². The smallest absolute Gasteiger partial charge is 0.255 e. The highest BCUT2D eigenvalue weighted by atomic mass is 16.2. The Hall–Kier alpha value is -2.25. The van der Waals surface area contributed by atoms with Crippen molar-refractivity contribution >= 4 is 17.7 Å². The van der Waals surface area contributed by atoms with Gasteiger partial charge in [-0.3, -0.25) is 24.6 Å². The number of carbonyl (C=O) groups is 3. The average molecular weight is 354 g/mol. The van der Waals surface area contributed by atoms with E-state index in [-0.39, 0.29) is 24.1 Å². The Bertz CT molecular complexity index is 811. The zero-order chi connectivity index (χ0) is 17.9. The van der Waals surface area contributed by atoms with Crippen LogP contribution >= 0.6 is 0 Å². The molecule has 0 radical (unpaired) electrons. The highest BCUT2D eigenvalue weighted by molar-refractivity contribution is 6.05. The first-order chi connectivity index (χ1) is 12.6. The van der Waals surface area contributed by atoms with E-state index in [0.717, 1.165) is 31.7 Å². The third-order valence-corrected chi connectivity index (χ3v) is 6.39. The van der Waals surface area contributed by atoms with Crippen LogP contribution < -0.4 is 10.6 Å². The molecule has 1 spiro atoms.